The van der Waals surface area contributed by atoms with Gasteiger partial charge >= 0.3 is 6.09 Å². The van der Waals surface area contributed by atoms with Crippen LogP contribution in [0.15, 0.2) is 30.5 Å². The highest BCUT2D eigenvalue weighted by atomic mass is 16.6. The predicted octanol–water partition coefficient (Wildman–Crippen LogP) is 3.23. The molecule has 6 heteroatoms. The van der Waals surface area contributed by atoms with Crippen LogP contribution < -0.4 is 5.32 Å². The first-order chi connectivity index (χ1) is 11.7. The van der Waals surface area contributed by atoms with E-state index in [1.807, 2.05) is 55.9 Å². The van der Waals surface area contributed by atoms with E-state index in [0.29, 0.717) is 19.4 Å². The van der Waals surface area contributed by atoms with Gasteiger partial charge in [-0.1, -0.05) is 18.2 Å². The van der Waals surface area contributed by atoms with Crippen LogP contribution in [0.2, 0.25) is 0 Å². The first kappa shape index (κ1) is 17.7. The summed E-state index contributed by atoms with van der Waals surface area (Å²) in [6, 6.07) is 7.88. The van der Waals surface area contributed by atoms with Gasteiger partial charge in [-0.15, -0.1) is 0 Å². The van der Waals surface area contributed by atoms with Crippen molar-refractivity contribution in [3.63, 3.8) is 0 Å². The number of nitrogens with one attached hydrogen (secondary N) is 1. The van der Waals surface area contributed by atoms with Crippen LogP contribution in [0.25, 0.3) is 10.9 Å². The maximum absolute atomic E-state index is 12.0. The van der Waals surface area contributed by atoms with Crippen LogP contribution in [0.5, 0.6) is 0 Å². The second kappa shape index (κ2) is 6.67. The Morgan fingerprint density at radius 2 is 2.20 bits per heavy atom. The Labute approximate surface area is 148 Å². The van der Waals surface area contributed by atoms with Crippen LogP contribution in [0.1, 0.15) is 46.5 Å². The maximum atomic E-state index is 12.0. The second-order valence-corrected chi connectivity index (χ2v) is 8.02. The number of alkyl carbamates (subject to hydrolysis) is 1. The van der Waals surface area contributed by atoms with E-state index >= 15 is 0 Å². The first-order valence-corrected chi connectivity index (χ1v) is 8.87. The molecule has 2 unspecified atom stereocenters. The number of para-hydroxylation sites is 1. The van der Waals surface area contributed by atoms with Gasteiger partial charge in [0.05, 0.1) is 23.9 Å². The third-order valence-electron chi connectivity index (χ3n) is 4.54. The van der Waals surface area contributed by atoms with Crippen molar-refractivity contribution in [1.82, 2.24) is 15.1 Å². The van der Waals surface area contributed by atoms with Crippen molar-refractivity contribution in [2.75, 3.05) is 0 Å². The molecule has 2 N–H and O–H groups in total. The number of aliphatic hydroxyl groups is 1. The molecule has 0 bridgehead atoms. The molecule has 3 rings (SSSR count). The fourth-order valence-corrected chi connectivity index (χ4v) is 3.51. The molecule has 136 valence electrons. The summed E-state index contributed by atoms with van der Waals surface area (Å²) in [6.45, 7) is 5.94. The van der Waals surface area contributed by atoms with E-state index in [-0.39, 0.29) is 6.04 Å². The molecule has 0 spiro atoms. The predicted molar refractivity (Wildman–Crippen MR) is 96.3 cm³/mol. The highest BCUT2D eigenvalue weighted by Crippen LogP contribution is 2.31. The van der Waals surface area contributed by atoms with Gasteiger partial charge in [0.2, 0.25) is 0 Å². The maximum Gasteiger partial charge on any atom is 0.407 e. The molecule has 1 aliphatic rings. The molecule has 0 aliphatic heterocycles. The van der Waals surface area contributed by atoms with Crippen LogP contribution in [0, 0.1) is 0 Å². The Hall–Kier alpha value is -2.08. The van der Waals surface area contributed by atoms with Gasteiger partial charge in [0, 0.05) is 11.4 Å². The Kier molecular flexibility index (Phi) is 4.73. The van der Waals surface area contributed by atoms with E-state index in [9.17, 15) is 9.90 Å². The average molecular weight is 345 g/mol. The largest absolute Gasteiger partial charge is 0.444 e. The molecule has 1 aromatic carbocycles. The van der Waals surface area contributed by atoms with Gasteiger partial charge in [0.15, 0.2) is 0 Å². The zero-order chi connectivity index (χ0) is 18.1. The van der Waals surface area contributed by atoms with Crippen LogP contribution in [-0.4, -0.2) is 38.2 Å². The molecule has 1 fully saturated rings. The zero-order valence-corrected chi connectivity index (χ0v) is 15.2. The normalized spacial score (nSPS) is 24.2. The summed E-state index contributed by atoms with van der Waals surface area (Å²) in [6.07, 6.45) is 4.30. The summed E-state index contributed by atoms with van der Waals surface area (Å²) < 4.78 is 7.18. The number of aromatic nitrogens is 2. The van der Waals surface area contributed by atoms with Crippen LogP contribution >= 0.6 is 0 Å². The summed E-state index contributed by atoms with van der Waals surface area (Å²) in [5.41, 5.74) is -0.395. The number of carbonyl (C=O) groups is 1. The molecule has 2 aromatic rings. The quantitative estimate of drug-likeness (QED) is 0.895. The van der Waals surface area contributed by atoms with Crippen molar-refractivity contribution < 1.29 is 14.6 Å². The molecule has 0 radical (unpaired) electrons. The van der Waals surface area contributed by atoms with Gasteiger partial charge in [-0.05, 0) is 52.5 Å². The molecule has 1 aromatic heterocycles. The molecule has 1 saturated carbocycles. The standard InChI is InChI=1S/C19H27N3O3/c1-18(2,3)25-17(23)21-15-8-6-10-19(24,11-15)13-22-16-9-5-4-7-14(16)12-20-22/h4-5,7,9,12,15,24H,6,8,10-11,13H2,1-3H3,(H,21,23). The van der Waals surface area contributed by atoms with Gasteiger partial charge < -0.3 is 15.2 Å². The number of fused-ring (bicyclic) bond motifs is 1. The lowest BCUT2D eigenvalue weighted by atomic mass is 9.81. The number of ether oxygens (including phenoxy) is 1. The van der Waals surface area contributed by atoms with Gasteiger partial charge in [-0.3, -0.25) is 4.68 Å². The number of hydrogen-bond acceptors (Lipinski definition) is 4. The van der Waals surface area contributed by atoms with E-state index < -0.39 is 17.3 Å². The third kappa shape index (κ3) is 4.51. The van der Waals surface area contributed by atoms with Crippen LogP contribution in [-0.2, 0) is 11.3 Å². The van der Waals surface area contributed by atoms with Crippen molar-refractivity contribution in [3.05, 3.63) is 30.5 Å². The van der Waals surface area contributed by atoms with E-state index in [0.717, 1.165) is 23.7 Å². The Morgan fingerprint density at radius 1 is 1.44 bits per heavy atom. The fourth-order valence-electron chi connectivity index (χ4n) is 3.51. The van der Waals surface area contributed by atoms with Crippen LogP contribution in [0.3, 0.4) is 0 Å². The molecule has 6 nitrogen and oxygen atoms in total. The summed E-state index contributed by atoms with van der Waals surface area (Å²) >= 11 is 0. The molecule has 1 amide bonds. The van der Waals surface area contributed by atoms with Crippen molar-refractivity contribution >= 4 is 17.0 Å². The van der Waals surface area contributed by atoms with Crippen LogP contribution in [0.4, 0.5) is 4.79 Å². The Balaban J connectivity index is 1.66. The average Bonchev–Trinajstić information content (AvgIpc) is 2.88. The minimum atomic E-state index is -0.882. The highest BCUT2D eigenvalue weighted by molar-refractivity contribution is 5.78. The number of benzene rings is 1. The molecular formula is C19H27N3O3. The van der Waals surface area contributed by atoms with E-state index in [4.69, 9.17) is 4.74 Å². The summed E-state index contributed by atoms with van der Waals surface area (Å²) in [5, 5.41) is 19.4. The molecule has 1 aliphatic carbocycles. The van der Waals surface area contributed by atoms with Gasteiger partial charge in [-0.2, -0.15) is 5.10 Å². The first-order valence-electron chi connectivity index (χ1n) is 8.87. The summed E-state index contributed by atoms with van der Waals surface area (Å²) in [5.74, 6) is 0. The van der Waals surface area contributed by atoms with Gasteiger partial charge in [-0.25, -0.2) is 4.79 Å². The van der Waals surface area contributed by atoms with Crippen molar-refractivity contribution in [2.45, 2.75) is 70.2 Å². The number of hydrogen-bond donors (Lipinski definition) is 2. The Morgan fingerprint density at radius 3 is 2.96 bits per heavy atom. The zero-order valence-electron chi connectivity index (χ0n) is 15.2. The lowest BCUT2D eigenvalue weighted by Crippen LogP contribution is -2.48. The summed E-state index contributed by atoms with van der Waals surface area (Å²) in [7, 11) is 0. The number of carbonyl (C=O) groups excluding carboxylic acids is 1. The van der Waals surface area contributed by atoms with Gasteiger partial charge in [0.1, 0.15) is 5.60 Å². The minimum Gasteiger partial charge on any atom is -0.444 e. The SMILES string of the molecule is CC(C)(C)OC(=O)NC1CCCC(O)(Cn2ncc3ccccc32)C1. The minimum absolute atomic E-state index is 0.0876. The molecule has 1 heterocycles. The molecule has 2 atom stereocenters. The molecule has 25 heavy (non-hydrogen) atoms. The van der Waals surface area contributed by atoms with Crippen molar-refractivity contribution in [1.29, 1.82) is 0 Å². The Bertz CT molecular complexity index is 750. The molecule has 0 saturated heterocycles. The topological polar surface area (TPSA) is 76.4 Å². The monoisotopic (exact) mass is 345 g/mol. The lowest BCUT2D eigenvalue weighted by molar-refractivity contribution is -0.0251. The van der Waals surface area contributed by atoms with Crippen molar-refractivity contribution in [3.8, 4) is 0 Å². The smallest absolute Gasteiger partial charge is 0.407 e. The number of nitrogens with zero attached hydrogens (tertiary/aromatic N) is 2. The third-order valence-corrected chi connectivity index (χ3v) is 4.54. The van der Waals surface area contributed by atoms with E-state index in [1.165, 1.54) is 0 Å². The van der Waals surface area contributed by atoms with Crippen molar-refractivity contribution in [2.24, 2.45) is 0 Å². The second-order valence-electron chi connectivity index (χ2n) is 8.02. The van der Waals surface area contributed by atoms with E-state index in [2.05, 4.69) is 10.4 Å². The van der Waals surface area contributed by atoms with E-state index in [1.54, 1.807) is 0 Å². The summed E-state index contributed by atoms with van der Waals surface area (Å²) in [4.78, 5) is 12.0. The number of amides is 1. The van der Waals surface area contributed by atoms with Gasteiger partial charge in [0.25, 0.3) is 0 Å². The fraction of sp³-hybridized carbons (Fsp3) is 0.579. The lowest BCUT2D eigenvalue weighted by Gasteiger charge is -2.37. The highest BCUT2D eigenvalue weighted by Gasteiger charge is 2.36. The molecular weight excluding hydrogens is 318 g/mol. The number of rotatable bonds is 3.